The van der Waals surface area contributed by atoms with Gasteiger partial charge in [-0.25, -0.2) is 0 Å². The number of esters is 3. The van der Waals surface area contributed by atoms with Gasteiger partial charge in [-0.2, -0.15) is 0 Å². The average molecular weight is 901 g/mol. The van der Waals surface area contributed by atoms with E-state index in [9.17, 15) is 14.4 Å². The summed E-state index contributed by atoms with van der Waals surface area (Å²) in [6.07, 6.45) is 61.7. The number of allylic oxidation sites excluding steroid dienone is 4. The molecule has 1 unspecified atom stereocenters. The molecule has 0 bridgehead atoms. The van der Waals surface area contributed by atoms with Crippen LogP contribution in [0.1, 0.15) is 310 Å². The minimum Gasteiger partial charge on any atom is -0.462 e. The van der Waals surface area contributed by atoms with Crippen LogP contribution in [0.15, 0.2) is 24.3 Å². The molecule has 0 aliphatic rings. The molecule has 0 N–H and O–H groups in total. The molecule has 0 aromatic carbocycles. The smallest absolute Gasteiger partial charge is 0.306 e. The second kappa shape index (κ2) is 53.5. The lowest BCUT2D eigenvalue weighted by molar-refractivity contribution is -0.167. The van der Waals surface area contributed by atoms with Gasteiger partial charge in [0.05, 0.1) is 0 Å². The number of unbranched alkanes of at least 4 members (excludes halogenated alkanes) is 37. The third kappa shape index (κ3) is 50.9. The highest BCUT2D eigenvalue weighted by Crippen LogP contribution is 2.16. The van der Waals surface area contributed by atoms with Gasteiger partial charge in [0, 0.05) is 19.3 Å². The van der Waals surface area contributed by atoms with E-state index in [0.29, 0.717) is 19.3 Å². The van der Waals surface area contributed by atoms with Crippen molar-refractivity contribution in [2.45, 2.75) is 316 Å². The summed E-state index contributed by atoms with van der Waals surface area (Å²) in [5.41, 5.74) is 0. The molecule has 0 aromatic heterocycles. The highest BCUT2D eigenvalue weighted by Gasteiger charge is 2.19. The largest absolute Gasteiger partial charge is 0.462 e. The first-order chi connectivity index (χ1) is 31.5. The summed E-state index contributed by atoms with van der Waals surface area (Å²) in [5, 5.41) is 0. The van der Waals surface area contributed by atoms with Crippen molar-refractivity contribution in [3.05, 3.63) is 24.3 Å². The predicted octanol–water partition coefficient (Wildman–Crippen LogP) is 18.7. The standard InChI is InChI=1S/C58H108O6/c1-4-7-10-13-16-19-22-25-27-28-29-30-31-34-36-39-42-45-48-51-57(60)63-54-55(53-62-56(59)50-47-44-41-38-35-32-24-21-18-15-12-9-6-3)64-58(61)52-49-46-43-40-37-33-26-23-20-17-14-11-8-5-2/h21,23-24,26,55H,4-20,22,25,27-54H2,1-3H3/b24-21-,26-23-. The van der Waals surface area contributed by atoms with Gasteiger partial charge in [-0.3, -0.25) is 14.4 Å². The maximum absolute atomic E-state index is 12.8. The van der Waals surface area contributed by atoms with Crippen molar-refractivity contribution in [2.75, 3.05) is 13.2 Å². The van der Waals surface area contributed by atoms with Crippen molar-refractivity contribution < 1.29 is 28.6 Å². The van der Waals surface area contributed by atoms with E-state index in [1.807, 2.05) is 0 Å². The average Bonchev–Trinajstić information content (AvgIpc) is 3.29. The van der Waals surface area contributed by atoms with E-state index in [0.717, 1.165) is 70.6 Å². The minimum atomic E-state index is -0.774. The maximum atomic E-state index is 12.8. The van der Waals surface area contributed by atoms with Gasteiger partial charge in [0.2, 0.25) is 0 Å². The van der Waals surface area contributed by atoms with Crippen LogP contribution in [0.25, 0.3) is 0 Å². The summed E-state index contributed by atoms with van der Waals surface area (Å²) < 4.78 is 16.8. The Bertz CT molecular complexity index is 1040. The van der Waals surface area contributed by atoms with Crippen LogP contribution in [0.5, 0.6) is 0 Å². The van der Waals surface area contributed by atoms with Crippen LogP contribution in [0, 0.1) is 0 Å². The highest BCUT2D eigenvalue weighted by atomic mass is 16.6. The zero-order valence-electron chi connectivity index (χ0n) is 43.1. The van der Waals surface area contributed by atoms with Gasteiger partial charge in [-0.1, -0.05) is 244 Å². The summed E-state index contributed by atoms with van der Waals surface area (Å²) in [7, 11) is 0. The van der Waals surface area contributed by atoms with Crippen LogP contribution >= 0.6 is 0 Å². The monoisotopic (exact) mass is 901 g/mol. The molecular weight excluding hydrogens is 793 g/mol. The Morgan fingerprint density at radius 3 is 0.797 bits per heavy atom. The van der Waals surface area contributed by atoms with Crippen LogP contribution in [-0.2, 0) is 28.6 Å². The fourth-order valence-corrected chi connectivity index (χ4v) is 8.37. The molecule has 0 aromatic rings. The van der Waals surface area contributed by atoms with Crippen molar-refractivity contribution in [1.29, 1.82) is 0 Å². The fraction of sp³-hybridized carbons (Fsp3) is 0.879. The van der Waals surface area contributed by atoms with E-state index in [1.165, 1.54) is 199 Å². The van der Waals surface area contributed by atoms with Crippen molar-refractivity contribution >= 4 is 17.9 Å². The first-order valence-electron chi connectivity index (χ1n) is 28.3. The summed E-state index contributed by atoms with van der Waals surface area (Å²) >= 11 is 0. The third-order valence-corrected chi connectivity index (χ3v) is 12.7. The molecule has 6 heteroatoms. The zero-order valence-corrected chi connectivity index (χ0v) is 43.1. The minimum absolute atomic E-state index is 0.0730. The third-order valence-electron chi connectivity index (χ3n) is 12.7. The van der Waals surface area contributed by atoms with E-state index in [2.05, 4.69) is 45.1 Å². The van der Waals surface area contributed by atoms with E-state index in [-0.39, 0.29) is 31.1 Å². The molecule has 0 heterocycles. The molecular formula is C58H108O6. The van der Waals surface area contributed by atoms with Crippen molar-refractivity contribution in [1.82, 2.24) is 0 Å². The molecule has 0 saturated carbocycles. The second-order valence-corrected chi connectivity index (χ2v) is 19.2. The Hall–Kier alpha value is -2.11. The van der Waals surface area contributed by atoms with E-state index in [4.69, 9.17) is 14.2 Å². The number of rotatable bonds is 52. The summed E-state index contributed by atoms with van der Waals surface area (Å²) in [6.45, 7) is 6.64. The quantitative estimate of drug-likeness (QED) is 0.0262. The summed E-state index contributed by atoms with van der Waals surface area (Å²) in [5.74, 6) is -0.873. The number of hydrogen-bond acceptors (Lipinski definition) is 6. The Balaban J connectivity index is 4.31. The van der Waals surface area contributed by atoms with E-state index in [1.54, 1.807) is 0 Å². The number of hydrogen-bond donors (Lipinski definition) is 0. The normalized spacial score (nSPS) is 12.1. The molecule has 0 fully saturated rings. The van der Waals surface area contributed by atoms with Crippen LogP contribution in [-0.4, -0.2) is 37.2 Å². The Kier molecular flexibility index (Phi) is 51.7. The first-order valence-corrected chi connectivity index (χ1v) is 28.3. The van der Waals surface area contributed by atoms with Crippen molar-refractivity contribution in [3.63, 3.8) is 0 Å². The molecule has 0 spiro atoms. The van der Waals surface area contributed by atoms with Gasteiger partial charge in [-0.15, -0.1) is 0 Å². The van der Waals surface area contributed by atoms with Gasteiger partial charge >= 0.3 is 17.9 Å². The summed E-state index contributed by atoms with van der Waals surface area (Å²) in [6, 6.07) is 0. The molecule has 6 nitrogen and oxygen atoms in total. The van der Waals surface area contributed by atoms with E-state index >= 15 is 0 Å². The number of carbonyl (C=O) groups is 3. The molecule has 0 aliphatic heterocycles. The lowest BCUT2D eigenvalue weighted by atomic mass is 10.0. The predicted molar refractivity (Wildman–Crippen MR) is 275 cm³/mol. The van der Waals surface area contributed by atoms with Crippen LogP contribution in [0.3, 0.4) is 0 Å². The SMILES string of the molecule is CCCCCC/C=C\CCCCCCCC(=O)OCC(COC(=O)CCCCCCCCCCCCCCCCCCCCC)OC(=O)CCCCCCC/C=C\CCCCCCC. The first kappa shape index (κ1) is 61.9. The Morgan fingerprint density at radius 1 is 0.297 bits per heavy atom. The van der Waals surface area contributed by atoms with Gasteiger partial charge in [0.15, 0.2) is 6.10 Å². The van der Waals surface area contributed by atoms with Crippen molar-refractivity contribution in [2.24, 2.45) is 0 Å². The molecule has 1 atom stereocenters. The van der Waals surface area contributed by atoms with Gasteiger partial charge < -0.3 is 14.2 Å². The molecule has 0 saturated heterocycles. The van der Waals surface area contributed by atoms with Crippen LogP contribution in [0.2, 0.25) is 0 Å². The van der Waals surface area contributed by atoms with Gasteiger partial charge in [0.1, 0.15) is 13.2 Å². The van der Waals surface area contributed by atoms with Gasteiger partial charge in [-0.05, 0) is 70.6 Å². The topological polar surface area (TPSA) is 78.9 Å². The maximum Gasteiger partial charge on any atom is 0.306 e. The molecule has 376 valence electrons. The molecule has 0 aliphatic carbocycles. The molecule has 64 heavy (non-hydrogen) atoms. The van der Waals surface area contributed by atoms with E-state index < -0.39 is 6.10 Å². The molecule has 0 rings (SSSR count). The summed E-state index contributed by atoms with van der Waals surface area (Å²) in [4.78, 5) is 38.1. The van der Waals surface area contributed by atoms with Crippen molar-refractivity contribution in [3.8, 4) is 0 Å². The zero-order chi connectivity index (χ0) is 46.5. The molecule has 0 amide bonds. The van der Waals surface area contributed by atoms with Crippen LogP contribution in [0.4, 0.5) is 0 Å². The lowest BCUT2D eigenvalue weighted by Crippen LogP contribution is -2.30. The lowest BCUT2D eigenvalue weighted by Gasteiger charge is -2.18. The fourth-order valence-electron chi connectivity index (χ4n) is 8.37. The Morgan fingerprint density at radius 2 is 0.516 bits per heavy atom. The highest BCUT2D eigenvalue weighted by molar-refractivity contribution is 5.71. The molecule has 0 radical (unpaired) electrons. The van der Waals surface area contributed by atoms with Crippen LogP contribution < -0.4 is 0 Å². The van der Waals surface area contributed by atoms with Gasteiger partial charge in [0.25, 0.3) is 0 Å². The number of carbonyl (C=O) groups excluding carboxylic acids is 3. The number of ether oxygens (including phenoxy) is 3. The second-order valence-electron chi connectivity index (χ2n) is 19.2. The Labute approximate surface area is 398 Å².